The number of nitrogens with one attached hydrogen (secondary N) is 1. The average molecular weight is 323 g/mol. The number of rotatable bonds is 6. The molecule has 3 N–H and O–H groups in total. The van der Waals surface area contributed by atoms with E-state index in [0.717, 1.165) is 0 Å². The molecule has 0 bridgehead atoms. The van der Waals surface area contributed by atoms with Crippen molar-refractivity contribution in [3.05, 3.63) is 29.3 Å². The summed E-state index contributed by atoms with van der Waals surface area (Å²) in [6, 6.07) is 0.495. The van der Waals surface area contributed by atoms with Crippen molar-refractivity contribution in [3.63, 3.8) is 0 Å². The average Bonchev–Trinajstić information content (AvgIpc) is 2.36. The number of sulfonamides is 1. The van der Waals surface area contributed by atoms with E-state index < -0.39 is 50.0 Å². The molecule has 0 aliphatic rings. The Morgan fingerprint density at radius 3 is 2.38 bits per heavy atom. The fourth-order valence-electron chi connectivity index (χ4n) is 1.52. The normalized spacial score (nSPS) is 14.7. The van der Waals surface area contributed by atoms with Crippen molar-refractivity contribution in [2.24, 2.45) is 5.92 Å². The number of halogens is 2. The molecule has 0 spiro atoms. The molecular weight excluding hydrogens is 308 g/mol. The second-order valence-electron chi connectivity index (χ2n) is 4.61. The first kappa shape index (κ1) is 17.5. The van der Waals surface area contributed by atoms with Gasteiger partial charge in [-0.25, -0.2) is 26.7 Å². The molecule has 2 unspecified atom stereocenters. The zero-order valence-electron chi connectivity index (χ0n) is 11.3. The Kier molecular flexibility index (Phi) is 5.37. The van der Waals surface area contributed by atoms with Crippen LogP contribution in [0.2, 0.25) is 0 Å². The molecule has 2 atom stereocenters. The molecule has 0 aliphatic carbocycles. The van der Waals surface area contributed by atoms with E-state index >= 15 is 0 Å². The molecule has 0 saturated heterocycles. The van der Waals surface area contributed by atoms with Gasteiger partial charge in [0.15, 0.2) is 5.82 Å². The van der Waals surface area contributed by atoms with Gasteiger partial charge >= 0.3 is 5.97 Å². The van der Waals surface area contributed by atoms with Crippen molar-refractivity contribution in [3.8, 4) is 0 Å². The van der Waals surface area contributed by atoms with Gasteiger partial charge < -0.3 is 10.2 Å². The van der Waals surface area contributed by atoms with Gasteiger partial charge in [0.2, 0.25) is 10.0 Å². The molecule has 1 aromatic rings. The van der Waals surface area contributed by atoms with E-state index in [1.54, 1.807) is 6.92 Å². The quantitative estimate of drug-likeness (QED) is 0.723. The lowest BCUT2D eigenvalue weighted by molar-refractivity contribution is 0.0685. The summed E-state index contributed by atoms with van der Waals surface area (Å²) in [4.78, 5) is 9.81. The summed E-state index contributed by atoms with van der Waals surface area (Å²) in [5.74, 6) is -5.38. The number of carboxylic acids is 1. The third kappa shape index (κ3) is 3.74. The third-order valence-electron chi connectivity index (χ3n) is 3.04. The number of hydrogen-bond acceptors (Lipinski definition) is 4. The Morgan fingerprint density at radius 1 is 1.33 bits per heavy atom. The van der Waals surface area contributed by atoms with Crippen LogP contribution in [0.15, 0.2) is 17.0 Å². The maximum absolute atomic E-state index is 13.9. The molecule has 118 valence electrons. The van der Waals surface area contributed by atoms with E-state index in [1.807, 2.05) is 0 Å². The maximum atomic E-state index is 13.9. The van der Waals surface area contributed by atoms with Gasteiger partial charge in [0, 0.05) is 12.6 Å². The van der Waals surface area contributed by atoms with E-state index in [2.05, 4.69) is 4.72 Å². The van der Waals surface area contributed by atoms with Crippen molar-refractivity contribution in [1.82, 2.24) is 4.72 Å². The molecule has 1 rings (SSSR count). The number of aliphatic hydroxyl groups is 1. The first-order valence-corrected chi connectivity index (χ1v) is 7.44. The van der Waals surface area contributed by atoms with Crippen molar-refractivity contribution in [2.45, 2.75) is 24.8 Å². The van der Waals surface area contributed by atoms with Crippen LogP contribution in [0.25, 0.3) is 0 Å². The molecule has 0 fully saturated rings. The number of benzene rings is 1. The first-order chi connectivity index (χ1) is 9.61. The zero-order chi connectivity index (χ0) is 16.4. The van der Waals surface area contributed by atoms with Crippen LogP contribution in [-0.4, -0.2) is 37.2 Å². The Labute approximate surface area is 120 Å². The molecule has 0 heterocycles. The van der Waals surface area contributed by atoms with Crippen LogP contribution in [0.3, 0.4) is 0 Å². The number of carboxylic acid groups (broad SMARTS) is 1. The first-order valence-electron chi connectivity index (χ1n) is 5.96. The molecule has 0 saturated carbocycles. The summed E-state index contributed by atoms with van der Waals surface area (Å²) in [6.07, 6.45) is 0. The van der Waals surface area contributed by atoms with Gasteiger partial charge in [-0.05, 0) is 25.0 Å². The SMILES string of the molecule is CC(CO)C(C)NS(=O)(=O)c1ccc(F)c(C(=O)O)c1F. The Balaban J connectivity index is 3.27. The van der Waals surface area contributed by atoms with Crippen LogP contribution in [0.4, 0.5) is 8.78 Å². The predicted molar refractivity (Wildman–Crippen MR) is 69.4 cm³/mol. The highest BCUT2D eigenvalue weighted by atomic mass is 32.2. The van der Waals surface area contributed by atoms with Crippen LogP contribution < -0.4 is 4.72 Å². The topological polar surface area (TPSA) is 104 Å². The van der Waals surface area contributed by atoms with E-state index in [4.69, 9.17) is 10.2 Å². The summed E-state index contributed by atoms with van der Waals surface area (Å²) in [7, 11) is -4.38. The van der Waals surface area contributed by atoms with Crippen molar-refractivity contribution < 1.29 is 32.2 Å². The summed E-state index contributed by atoms with van der Waals surface area (Å²) in [6.45, 7) is 2.73. The van der Waals surface area contributed by atoms with Gasteiger partial charge in [-0.1, -0.05) is 6.92 Å². The fraction of sp³-hybridized carbons (Fsp3) is 0.417. The number of aromatic carboxylic acids is 1. The Morgan fingerprint density at radius 2 is 1.90 bits per heavy atom. The fourth-order valence-corrected chi connectivity index (χ4v) is 2.95. The van der Waals surface area contributed by atoms with E-state index in [9.17, 15) is 22.0 Å². The molecule has 0 radical (unpaired) electrons. The lowest BCUT2D eigenvalue weighted by atomic mass is 10.1. The van der Waals surface area contributed by atoms with Crippen LogP contribution in [0, 0.1) is 17.6 Å². The highest BCUT2D eigenvalue weighted by molar-refractivity contribution is 7.89. The van der Waals surface area contributed by atoms with Crippen LogP contribution in [-0.2, 0) is 10.0 Å². The van der Waals surface area contributed by atoms with Gasteiger partial charge in [-0.2, -0.15) is 0 Å². The highest BCUT2D eigenvalue weighted by Crippen LogP contribution is 2.21. The number of aliphatic hydroxyl groups excluding tert-OH is 1. The smallest absolute Gasteiger partial charge is 0.341 e. The third-order valence-corrected chi connectivity index (χ3v) is 4.62. The largest absolute Gasteiger partial charge is 0.477 e. The van der Waals surface area contributed by atoms with Gasteiger partial charge in [0.1, 0.15) is 16.3 Å². The number of hydrogen-bond donors (Lipinski definition) is 3. The second kappa shape index (κ2) is 6.46. The molecule has 0 aliphatic heterocycles. The van der Waals surface area contributed by atoms with Gasteiger partial charge in [-0.3, -0.25) is 0 Å². The maximum Gasteiger partial charge on any atom is 0.341 e. The van der Waals surface area contributed by atoms with Crippen molar-refractivity contribution in [1.29, 1.82) is 0 Å². The lowest BCUT2D eigenvalue weighted by Gasteiger charge is -2.19. The minimum absolute atomic E-state index is 0.296. The summed E-state index contributed by atoms with van der Waals surface area (Å²) in [5.41, 5.74) is -1.33. The summed E-state index contributed by atoms with van der Waals surface area (Å²) < 4.78 is 53.3. The molecule has 0 aromatic heterocycles. The highest BCUT2D eigenvalue weighted by Gasteiger charge is 2.28. The predicted octanol–water partition coefficient (Wildman–Crippen LogP) is 0.958. The second-order valence-corrected chi connectivity index (χ2v) is 6.29. The van der Waals surface area contributed by atoms with E-state index in [1.165, 1.54) is 6.92 Å². The molecule has 1 aromatic carbocycles. The number of carbonyl (C=O) groups is 1. The standard InChI is InChI=1S/C12H15F2NO5S/c1-6(5-16)7(2)15-21(19,20)9-4-3-8(13)10(11(9)14)12(17)18/h3-4,6-7,15-16H,5H2,1-2H3,(H,17,18). The van der Waals surface area contributed by atoms with Gasteiger partial charge in [0.25, 0.3) is 0 Å². The lowest BCUT2D eigenvalue weighted by Crippen LogP contribution is -2.38. The van der Waals surface area contributed by atoms with Crippen LogP contribution in [0.5, 0.6) is 0 Å². The molecule has 9 heteroatoms. The summed E-state index contributed by atoms with van der Waals surface area (Å²) >= 11 is 0. The Bertz CT molecular complexity index is 647. The minimum atomic E-state index is -4.38. The Hall–Kier alpha value is -1.58. The van der Waals surface area contributed by atoms with E-state index in [0.29, 0.717) is 12.1 Å². The zero-order valence-corrected chi connectivity index (χ0v) is 12.1. The summed E-state index contributed by atoms with van der Waals surface area (Å²) in [5, 5.41) is 17.7. The van der Waals surface area contributed by atoms with Crippen LogP contribution in [0.1, 0.15) is 24.2 Å². The molecule has 21 heavy (non-hydrogen) atoms. The van der Waals surface area contributed by atoms with E-state index in [-0.39, 0.29) is 6.61 Å². The minimum Gasteiger partial charge on any atom is -0.477 e. The van der Waals surface area contributed by atoms with Gasteiger partial charge in [-0.15, -0.1) is 0 Å². The van der Waals surface area contributed by atoms with Gasteiger partial charge in [0.05, 0.1) is 0 Å². The monoisotopic (exact) mass is 323 g/mol. The van der Waals surface area contributed by atoms with Crippen LogP contribution >= 0.6 is 0 Å². The molecule has 0 amide bonds. The molecular formula is C12H15F2NO5S. The van der Waals surface area contributed by atoms with Crippen molar-refractivity contribution >= 4 is 16.0 Å². The van der Waals surface area contributed by atoms with Crippen molar-refractivity contribution in [2.75, 3.05) is 6.61 Å². The molecule has 6 nitrogen and oxygen atoms in total.